The maximum atomic E-state index is 6.96. The van der Waals surface area contributed by atoms with E-state index < -0.39 is 5.41 Å². The van der Waals surface area contributed by atoms with E-state index >= 15 is 0 Å². The Labute approximate surface area is 421 Å². The van der Waals surface area contributed by atoms with Crippen LogP contribution in [0.25, 0.3) is 76.5 Å². The number of rotatable bonds is 8. The SMILES string of the molecule is c1ccc(N(c2ccc3c(c2)C(c2ccccc2)(c2ccccc2)c2cc(N(c4ccccc4)c4cccc5c4oc4ccc6ccccc6c45)ccc2-3)c2cccc3c2oc2ccc4ccccc4c23)cc1. The van der Waals surface area contributed by atoms with E-state index in [1.54, 1.807) is 0 Å². The molecule has 1 aliphatic carbocycles. The fourth-order valence-electron chi connectivity index (χ4n) is 12.2. The van der Waals surface area contributed by atoms with Crippen LogP contribution in [0.5, 0.6) is 0 Å². The molecule has 2 heterocycles. The van der Waals surface area contributed by atoms with Crippen molar-refractivity contribution < 1.29 is 8.83 Å². The van der Waals surface area contributed by atoms with Gasteiger partial charge < -0.3 is 18.6 Å². The molecule has 0 saturated carbocycles. The van der Waals surface area contributed by atoms with Crippen LogP contribution in [0.15, 0.2) is 276 Å². The summed E-state index contributed by atoms with van der Waals surface area (Å²) in [6.07, 6.45) is 0. The van der Waals surface area contributed by atoms with Crippen molar-refractivity contribution in [3.05, 3.63) is 289 Å². The van der Waals surface area contributed by atoms with Crippen LogP contribution in [0.4, 0.5) is 34.1 Å². The number of hydrogen-bond acceptors (Lipinski definition) is 4. The molecule has 0 atom stereocenters. The van der Waals surface area contributed by atoms with Gasteiger partial charge in [-0.25, -0.2) is 0 Å². The summed E-state index contributed by atoms with van der Waals surface area (Å²) in [4.78, 5) is 4.74. The Bertz CT molecular complexity index is 4160. The molecule has 4 nitrogen and oxygen atoms in total. The van der Waals surface area contributed by atoms with E-state index in [-0.39, 0.29) is 0 Å². The molecule has 0 radical (unpaired) electrons. The molecule has 1 aliphatic rings. The first-order valence-corrected chi connectivity index (χ1v) is 25.0. The predicted molar refractivity (Wildman–Crippen MR) is 303 cm³/mol. The molecule has 15 rings (SSSR count). The normalized spacial score (nSPS) is 12.8. The van der Waals surface area contributed by atoms with Gasteiger partial charge in [-0.05, 0) is 128 Å². The van der Waals surface area contributed by atoms with E-state index in [1.807, 2.05) is 0 Å². The molecule has 0 spiro atoms. The highest BCUT2D eigenvalue weighted by Gasteiger charge is 2.47. The van der Waals surface area contributed by atoms with Gasteiger partial charge in [-0.2, -0.15) is 0 Å². The number of hydrogen-bond donors (Lipinski definition) is 0. The minimum absolute atomic E-state index is 0.724. The smallest absolute Gasteiger partial charge is 0.159 e. The standard InChI is InChI=1S/C69H44N2O2/c1-5-21-47(22-6-1)69(48-23-7-2-8-24-48)59-43-51(70(49-25-9-3-10-26-49)61-33-17-31-57-65-53-29-15-13-19-45(53)35-41-63(65)72-67(57)61)37-39-55(59)56-40-38-52(44-60(56)69)71(50-27-11-4-12-28-50)62-34-18-32-58-66-54-30-16-14-20-46(54)36-42-64(66)73-68(58)62/h1-44H. The fraction of sp³-hybridized carbons (Fsp3) is 0.0145. The first-order chi connectivity index (χ1) is 36.2. The average Bonchev–Trinajstić information content (AvgIpc) is 4.15. The maximum Gasteiger partial charge on any atom is 0.159 e. The van der Waals surface area contributed by atoms with Crippen molar-refractivity contribution in [2.45, 2.75) is 5.41 Å². The number of anilines is 6. The highest BCUT2D eigenvalue weighted by Crippen LogP contribution is 2.59. The molecule has 0 saturated heterocycles. The average molecular weight is 933 g/mol. The highest BCUT2D eigenvalue weighted by atomic mass is 16.3. The maximum absolute atomic E-state index is 6.96. The molecule has 0 amide bonds. The number of nitrogens with zero attached hydrogens (tertiary/aromatic N) is 2. The predicted octanol–water partition coefficient (Wildman–Crippen LogP) is 19.1. The molecule has 12 aromatic carbocycles. The van der Waals surface area contributed by atoms with Crippen LogP contribution in [0, 0.1) is 0 Å². The van der Waals surface area contributed by atoms with Gasteiger partial charge in [0.25, 0.3) is 0 Å². The van der Waals surface area contributed by atoms with Crippen LogP contribution in [0.2, 0.25) is 0 Å². The second kappa shape index (κ2) is 16.2. The van der Waals surface area contributed by atoms with Gasteiger partial charge in [0.2, 0.25) is 0 Å². The Kier molecular flexibility index (Phi) is 9.14. The first-order valence-electron chi connectivity index (χ1n) is 25.0. The molecule has 0 bridgehead atoms. The van der Waals surface area contributed by atoms with E-state index in [1.165, 1.54) is 54.9 Å². The largest absolute Gasteiger partial charge is 0.454 e. The molecule has 0 unspecified atom stereocenters. The molecule has 14 aromatic rings. The topological polar surface area (TPSA) is 32.8 Å². The number of fused-ring (bicyclic) bond motifs is 13. The number of furan rings is 2. The van der Waals surface area contributed by atoms with E-state index in [0.717, 1.165) is 78.0 Å². The summed E-state index contributed by atoms with van der Waals surface area (Å²) in [6, 6.07) is 96.5. The minimum Gasteiger partial charge on any atom is -0.454 e. The zero-order valence-corrected chi connectivity index (χ0v) is 39.6. The second-order valence-electron chi connectivity index (χ2n) is 19.1. The fourth-order valence-corrected chi connectivity index (χ4v) is 12.2. The van der Waals surface area contributed by atoms with Gasteiger partial charge >= 0.3 is 0 Å². The van der Waals surface area contributed by atoms with Crippen LogP contribution in [-0.4, -0.2) is 0 Å². The molecule has 0 N–H and O–H groups in total. The third-order valence-corrected chi connectivity index (χ3v) is 15.3. The number of para-hydroxylation sites is 4. The Balaban J connectivity index is 0.980. The third-order valence-electron chi connectivity index (χ3n) is 15.3. The van der Waals surface area contributed by atoms with Gasteiger partial charge in [0.05, 0.1) is 16.8 Å². The van der Waals surface area contributed by atoms with E-state index in [4.69, 9.17) is 8.83 Å². The second-order valence-corrected chi connectivity index (χ2v) is 19.1. The lowest BCUT2D eigenvalue weighted by molar-refractivity contribution is 0.669. The molecule has 4 heteroatoms. The van der Waals surface area contributed by atoms with Crippen LogP contribution in [0.3, 0.4) is 0 Å². The zero-order valence-electron chi connectivity index (χ0n) is 39.6. The molecule has 2 aromatic heterocycles. The Morgan fingerprint density at radius 1 is 0.288 bits per heavy atom. The van der Waals surface area contributed by atoms with Gasteiger partial charge in [-0.3, -0.25) is 0 Å². The van der Waals surface area contributed by atoms with Gasteiger partial charge in [0, 0.05) is 44.3 Å². The van der Waals surface area contributed by atoms with Crippen molar-refractivity contribution in [2.75, 3.05) is 9.80 Å². The van der Waals surface area contributed by atoms with Crippen molar-refractivity contribution in [3.63, 3.8) is 0 Å². The summed E-state index contributed by atoms with van der Waals surface area (Å²) in [5.41, 5.74) is 15.9. The van der Waals surface area contributed by atoms with Crippen molar-refractivity contribution in [1.82, 2.24) is 0 Å². The Morgan fingerprint density at radius 3 is 1.11 bits per heavy atom. The lowest BCUT2D eigenvalue weighted by atomic mass is 9.67. The summed E-state index contributed by atoms with van der Waals surface area (Å²) in [7, 11) is 0. The van der Waals surface area contributed by atoms with Crippen molar-refractivity contribution in [1.29, 1.82) is 0 Å². The Morgan fingerprint density at radius 2 is 0.671 bits per heavy atom. The monoisotopic (exact) mass is 932 g/mol. The van der Waals surface area contributed by atoms with Crippen LogP contribution >= 0.6 is 0 Å². The van der Waals surface area contributed by atoms with Gasteiger partial charge in [-0.15, -0.1) is 0 Å². The van der Waals surface area contributed by atoms with Crippen molar-refractivity contribution in [3.8, 4) is 11.1 Å². The van der Waals surface area contributed by atoms with Crippen molar-refractivity contribution >= 4 is 99.5 Å². The minimum atomic E-state index is -0.724. The van der Waals surface area contributed by atoms with Gasteiger partial charge in [0.15, 0.2) is 11.2 Å². The van der Waals surface area contributed by atoms with E-state index in [2.05, 4.69) is 277 Å². The quantitative estimate of drug-likeness (QED) is 0.152. The van der Waals surface area contributed by atoms with Crippen LogP contribution in [-0.2, 0) is 5.41 Å². The summed E-state index contributed by atoms with van der Waals surface area (Å²) in [6.45, 7) is 0. The summed E-state index contributed by atoms with van der Waals surface area (Å²) < 4.78 is 13.9. The summed E-state index contributed by atoms with van der Waals surface area (Å²) in [5, 5.41) is 9.18. The molecule has 0 fully saturated rings. The van der Waals surface area contributed by atoms with Gasteiger partial charge in [-0.1, -0.05) is 194 Å². The molecule has 73 heavy (non-hydrogen) atoms. The third kappa shape index (κ3) is 6.14. The lowest BCUT2D eigenvalue weighted by Crippen LogP contribution is -2.29. The van der Waals surface area contributed by atoms with Crippen LogP contribution in [0.1, 0.15) is 22.3 Å². The van der Waals surface area contributed by atoms with E-state index in [9.17, 15) is 0 Å². The molecular weight excluding hydrogens is 889 g/mol. The van der Waals surface area contributed by atoms with Gasteiger partial charge in [0.1, 0.15) is 11.2 Å². The first kappa shape index (κ1) is 41.2. The van der Waals surface area contributed by atoms with Crippen LogP contribution < -0.4 is 9.80 Å². The molecule has 0 aliphatic heterocycles. The lowest BCUT2D eigenvalue weighted by Gasteiger charge is -2.35. The Hall–Kier alpha value is -9.64. The highest BCUT2D eigenvalue weighted by molar-refractivity contribution is 6.22. The van der Waals surface area contributed by atoms with E-state index in [0.29, 0.717) is 0 Å². The zero-order chi connectivity index (χ0) is 48.0. The molecule has 342 valence electrons. The molecular formula is C69H44N2O2. The summed E-state index contributed by atoms with van der Waals surface area (Å²) in [5.74, 6) is 0. The number of benzene rings is 12. The van der Waals surface area contributed by atoms with Crippen molar-refractivity contribution in [2.24, 2.45) is 0 Å². The summed E-state index contributed by atoms with van der Waals surface area (Å²) >= 11 is 0.